The van der Waals surface area contributed by atoms with Crippen LogP contribution >= 0.6 is 0 Å². The minimum Gasteiger partial charge on any atom is -0.508 e. The lowest BCUT2D eigenvalue weighted by Crippen LogP contribution is -1.81. The van der Waals surface area contributed by atoms with Crippen molar-refractivity contribution in [3.05, 3.63) is 48.0 Å². The highest BCUT2D eigenvalue weighted by Gasteiger charge is 2.02. The summed E-state index contributed by atoms with van der Waals surface area (Å²) in [7, 11) is 0. The number of phenolic OH excluding ortho intramolecular Hbond substituents is 2. The lowest BCUT2D eigenvalue weighted by atomic mass is 10.0. The lowest BCUT2D eigenvalue weighted by molar-refractivity contribution is 0.473. The molecule has 2 nitrogen and oxygen atoms in total. The van der Waals surface area contributed by atoms with Crippen molar-refractivity contribution >= 4 is 0 Å². The molecule has 2 aromatic carbocycles. The molecular formula is C14H10O2. The maximum absolute atomic E-state index is 9.44. The Kier molecular flexibility index (Phi) is 2.53. The molecule has 0 unspecified atom stereocenters. The third-order valence-electron chi connectivity index (χ3n) is 2.35. The van der Waals surface area contributed by atoms with E-state index in [0.717, 1.165) is 11.1 Å². The van der Waals surface area contributed by atoms with Crippen LogP contribution in [-0.4, -0.2) is 10.2 Å². The quantitative estimate of drug-likeness (QED) is 0.710. The van der Waals surface area contributed by atoms with Crippen LogP contribution in [0.15, 0.2) is 42.5 Å². The van der Waals surface area contributed by atoms with Crippen LogP contribution < -0.4 is 0 Å². The van der Waals surface area contributed by atoms with Gasteiger partial charge in [-0.3, -0.25) is 0 Å². The molecule has 0 fully saturated rings. The van der Waals surface area contributed by atoms with E-state index in [4.69, 9.17) is 6.42 Å². The first kappa shape index (κ1) is 10.1. The zero-order chi connectivity index (χ0) is 11.5. The van der Waals surface area contributed by atoms with Gasteiger partial charge in [-0.2, -0.15) is 0 Å². The van der Waals surface area contributed by atoms with Crippen LogP contribution in [0, 0.1) is 12.3 Å². The molecule has 2 rings (SSSR count). The van der Waals surface area contributed by atoms with Gasteiger partial charge in [-0.1, -0.05) is 24.1 Å². The molecule has 16 heavy (non-hydrogen) atoms. The summed E-state index contributed by atoms with van der Waals surface area (Å²) in [5.41, 5.74) is 2.31. The normalized spacial score (nSPS) is 9.69. The largest absolute Gasteiger partial charge is 0.508 e. The van der Waals surface area contributed by atoms with Crippen LogP contribution in [0.5, 0.6) is 11.5 Å². The SMILES string of the molecule is C#Cc1cc(-c2ccc(O)cc2)ccc1O. The second kappa shape index (κ2) is 4.00. The number of rotatable bonds is 1. The summed E-state index contributed by atoms with van der Waals surface area (Å²) < 4.78 is 0. The third kappa shape index (κ3) is 1.84. The van der Waals surface area contributed by atoms with E-state index in [-0.39, 0.29) is 11.5 Å². The average Bonchev–Trinajstić information content (AvgIpc) is 2.31. The van der Waals surface area contributed by atoms with Crippen molar-refractivity contribution in [2.75, 3.05) is 0 Å². The van der Waals surface area contributed by atoms with Crippen LogP contribution in [0.25, 0.3) is 11.1 Å². The number of phenols is 2. The van der Waals surface area contributed by atoms with Gasteiger partial charge in [0.2, 0.25) is 0 Å². The Morgan fingerprint density at radius 3 is 2.12 bits per heavy atom. The first-order chi connectivity index (χ1) is 7.70. The molecular weight excluding hydrogens is 200 g/mol. The summed E-state index contributed by atoms with van der Waals surface area (Å²) in [5, 5.41) is 18.6. The molecule has 2 heteroatoms. The molecule has 2 aromatic rings. The number of terminal acetylenes is 1. The summed E-state index contributed by atoms with van der Waals surface area (Å²) in [5.74, 6) is 2.74. The van der Waals surface area contributed by atoms with E-state index in [1.165, 1.54) is 0 Å². The van der Waals surface area contributed by atoms with Crippen molar-refractivity contribution < 1.29 is 10.2 Å². The number of benzene rings is 2. The number of hydrogen-bond donors (Lipinski definition) is 2. The minimum absolute atomic E-state index is 0.102. The molecule has 0 aliphatic heterocycles. The van der Waals surface area contributed by atoms with E-state index < -0.39 is 0 Å². The Morgan fingerprint density at radius 1 is 0.875 bits per heavy atom. The fourth-order valence-electron chi connectivity index (χ4n) is 1.49. The Morgan fingerprint density at radius 2 is 1.50 bits per heavy atom. The molecule has 0 radical (unpaired) electrons. The van der Waals surface area contributed by atoms with Gasteiger partial charge in [-0.15, -0.1) is 6.42 Å². The van der Waals surface area contributed by atoms with E-state index >= 15 is 0 Å². The van der Waals surface area contributed by atoms with Gasteiger partial charge in [-0.25, -0.2) is 0 Å². The molecule has 0 bridgehead atoms. The Hall–Kier alpha value is -2.40. The fraction of sp³-hybridized carbons (Fsp3) is 0. The molecule has 0 atom stereocenters. The zero-order valence-electron chi connectivity index (χ0n) is 8.51. The zero-order valence-corrected chi connectivity index (χ0v) is 8.51. The van der Waals surface area contributed by atoms with Crippen molar-refractivity contribution in [3.63, 3.8) is 0 Å². The van der Waals surface area contributed by atoms with Gasteiger partial charge in [0.05, 0.1) is 5.56 Å². The van der Waals surface area contributed by atoms with E-state index in [0.29, 0.717) is 5.56 Å². The summed E-state index contributed by atoms with van der Waals surface area (Å²) in [6, 6.07) is 11.9. The van der Waals surface area contributed by atoms with Gasteiger partial charge in [0.15, 0.2) is 0 Å². The molecule has 0 amide bonds. The monoisotopic (exact) mass is 210 g/mol. The highest BCUT2D eigenvalue weighted by molar-refractivity contribution is 5.67. The van der Waals surface area contributed by atoms with Gasteiger partial charge < -0.3 is 10.2 Å². The molecule has 0 aliphatic rings. The topological polar surface area (TPSA) is 40.5 Å². The number of aromatic hydroxyl groups is 2. The molecule has 0 aliphatic carbocycles. The first-order valence-corrected chi connectivity index (χ1v) is 4.80. The summed E-state index contributed by atoms with van der Waals surface area (Å²) in [6.45, 7) is 0. The summed E-state index contributed by atoms with van der Waals surface area (Å²) in [4.78, 5) is 0. The van der Waals surface area contributed by atoms with Crippen LogP contribution in [0.4, 0.5) is 0 Å². The van der Waals surface area contributed by atoms with Gasteiger partial charge in [0.25, 0.3) is 0 Å². The molecule has 0 saturated heterocycles. The van der Waals surface area contributed by atoms with E-state index in [1.807, 2.05) is 0 Å². The Bertz CT molecular complexity index is 548. The maximum atomic E-state index is 9.44. The average molecular weight is 210 g/mol. The predicted molar refractivity (Wildman–Crippen MR) is 63.1 cm³/mol. The maximum Gasteiger partial charge on any atom is 0.131 e. The molecule has 0 aromatic heterocycles. The predicted octanol–water partition coefficient (Wildman–Crippen LogP) is 2.75. The first-order valence-electron chi connectivity index (χ1n) is 4.80. The van der Waals surface area contributed by atoms with E-state index in [1.54, 1.807) is 42.5 Å². The molecule has 0 spiro atoms. The minimum atomic E-state index is 0.102. The summed E-state index contributed by atoms with van der Waals surface area (Å²) >= 11 is 0. The molecule has 2 N–H and O–H groups in total. The highest BCUT2D eigenvalue weighted by atomic mass is 16.3. The van der Waals surface area contributed by atoms with E-state index in [9.17, 15) is 10.2 Å². The van der Waals surface area contributed by atoms with Crippen molar-refractivity contribution in [1.82, 2.24) is 0 Å². The second-order valence-corrected chi connectivity index (χ2v) is 3.42. The number of hydrogen-bond acceptors (Lipinski definition) is 2. The van der Waals surface area contributed by atoms with Crippen molar-refractivity contribution in [1.29, 1.82) is 0 Å². The van der Waals surface area contributed by atoms with Gasteiger partial charge in [0.1, 0.15) is 11.5 Å². The van der Waals surface area contributed by atoms with Gasteiger partial charge in [-0.05, 0) is 35.4 Å². The Balaban J connectivity index is 2.49. The fourth-order valence-corrected chi connectivity index (χ4v) is 1.49. The van der Waals surface area contributed by atoms with Gasteiger partial charge in [0, 0.05) is 0 Å². The summed E-state index contributed by atoms with van der Waals surface area (Å²) in [6.07, 6.45) is 5.27. The molecule has 0 heterocycles. The Labute approximate surface area is 93.8 Å². The second-order valence-electron chi connectivity index (χ2n) is 3.42. The third-order valence-corrected chi connectivity index (χ3v) is 2.35. The van der Waals surface area contributed by atoms with Crippen molar-refractivity contribution in [3.8, 4) is 35.0 Å². The van der Waals surface area contributed by atoms with Crippen LogP contribution in [0.2, 0.25) is 0 Å². The van der Waals surface area contributed by atoms with Crippen LogP contribution in [0.3, 0.4) is 0 Å². The molecule has 0 saturated carbocycles. The lowest BCUT2D eigenvalue weighted by Gasteiger charge is -2.04. The van der Waals surface area contributed by atoms with Crippen molar-refractivity contribution in [2.24, 2.45) is 0 Å². The molecule has 78 valence electrons. The van der Waals surface area contributed by atoms with Gasteiger partial charge >= 0.3 is 0 Å². The standard InChI is InChI=1S/C14H10O2/c1-2-10-9-12(5-8-14(10)16)11-3-6-13(15)7-4-11/h1,3-9,15-16H. The smallest absolute Gasteiger partial charge is 0.131 e. The van der Waals surface area contributed by atoms with E-state index in [2.05, 4.69) is 5.92 Å². The highest BCUT2D eigenvalue weighted by Crippen LogP contribution is 2.26. The van der Waals surface area contributed by atoms with Crippen LogP contribution in [-0.2, 0) is 0 Å². The van der Waals surface area contributed by atoms with Crippen LogP contribution in [0.1, 0.15) is 5.56 Å². The van der Waals surface area contributed by atoms with Crippen molar-refractivity contribution in [2.45, 2.75) is 0 Å².